The molecule has 0 aliphatic rings. The first-order chi connectivity index (χ1) is 36.5. The van der Waals surface area contributed by atoms with Crippen LogP contribution in [0, 0.1) is 21.0 Å². The molecule has 75 heavy (non-hydrogen) atoms. The van der Waals surface area contributed by atoms with E-state index in [0.29, 0.717) is 0 Å². The van der Waals surface area contributed by atoms with Crippen LogP contribution in [0.1, 0.15) is 60.6 Å². The molecular weight excluding hydrogens is 1210 g/mol. The smallest absolute Gasteiger partial charge is 0.140 e. The molecule has 4 aromatic heterocycles. The molecule has 0 radical (unpaired) electrons. The predicted octanol–water partition coefficient (Wildman–Crippen LogP) is 17.4. The minimum absolute atomic E-state index is 0.795. The first-order valence-electron chi connectivity index (χ1n) is 25.6. The summed E-state index contributed by atoms with van der Waals surface area (Å²) < 4.78 is 9.30. The Morgan fingerprint density at radius 1 is 0.493 bits per heavy atom. The summed E-state index contributed by atoms with van der Waals surface area (Å²) in [4.78, 5) is 23.0. The van der Waals surface area contributed by atoms with E-state index in [1.165, 1.54) is 57.2 Å². The van der Waals surface area contributed by atoms with Crippen LogP contribution >= 0.6 is 61.1 Å². The van der Waals surface area contributed by atoms with Crippen LogP contribution < -0.4 is 0 Å². The summed E-state index contributed by atoms with van der Waals surface area (Å²) in [6.07, 6.45) is 4.09. The number of rotatable bonds is 11. The summed E-state index contributed by atoms with van der Waals surface area (Å²) in [6.45, 7) is 9.47. The van der Waals surface area contributed by atoms with E-state index in [-0.39, 0.29) is 0 Å². The van der Waals surface area contributed by atoms with Crippen LogP contribution in [0.4, 0.5) is 0 Å². The molecular formula is C64H59BrI2N8. The summed E-state index contributed by atoms with van der Waals surface area (Å²) in [5.74, 6) is 4.18. The van der Waals surface area contributed by atoms with E-state index in [0.717, 1.165) is 111 Å². The molecule has 1 N–H and O–H groups in total. The highest BCUT2D eigenvalue weighted by Gasteiger charge is 2.18. The topological polar surface area (TPSA) is 82.1 Å². The van der Waals surface area contributed by atoms with E-state index in [4.69, 9.17) is 19.9 Å². The van der Waals surface area contributed by atoms with Gasteiger partial charge in [-0.3, -0.25) is 0 Å². The zero-order chi connectivity index (χ0) is 52.2. The Balaban J connectivity index is 0.000000143. The normalized spacial score (nSPS) is 11.3. The molecule has 0 bridgehead atoms. The van der Waals surface area contributed by atoms with Crippen molar-refractivity contribution < 1.29 is 0 Å². The molecule has 0 aliphatic carbocycles. The quantitative estimate of drug-likeness (QED) is 0.103. The number of H-pyrrole nitrogens is 1. The Morgan fingerprint density at radius 3 is 1.51 bits per heavy atom. The van der Waals surface area contributed by atoms with Gasteiger partial charge in [-0.25, -0.2) is 19.9 Å². The second kappa shape index (κ2) is 23.2. The molecule has 0 unspecified atom stereocenters. The van der Waals surface area contributed by atoms with Crippen molar-refractivity contribution in [2.24, 2.45) is 14.1 Å². The van der Waals surface area contributed by atoms with Crippen molar-refractivity contribution in [3.8, 4) is 45.0 Å². The van der Waals surface area contributed by atoms with Gasteiger partial charge in [-0.05, 0) is 177 Å². The number of benzene rings is 8. The van der Waals surface area contributed by atoms with E-state index in [2.05, 4.69) is 273 Å². The van der Waals surface area contributed by atoms with Crippen LogP contribution in [0.15, 0.2) is 170 Å². The Morgan fingerprint density at radius 2 is 0.987 bits per heavy atom. The van der Waals surface area contributed by atoms with Crippen LogP contribution in [0.2, 0.25) is 0 Å². The monoisotopic (exact) mass is 1270 g/mol. The molecule has 0 amide bonds. The first kappa shape index (κ1) is 52.0. The lowest BCUT2D eigenvalue weighted by Gasteiger charge is -2.12. The third-order valence-corrected chi connectivity index (χ3v) is 16.3. The van der Waals surface area contributed by atoms with Gasteiger partial charge in [0.1, 0.15) is 23.3 Å². The van der Waals surface area contributed by atoms with Gasteiger partial charge in [0.05, 0.1) is 44.1 Å². The molecule has 0 fully saturated rings. The van der Waals surface area contributed by atoms with Gasteiger partial charge in [-0.1, -0.05) is 139 Å². The van der Waals surface area contributed by atoms with E-state index in [1.807, 2.05) is 18.2 Å². The molecule has 12 aromatic rings. The molecule has 0 atom stereocenters. The first-order valence-corrected chi connectivity index (χ1v) is 28.9. The molecule has 0 aliphatic heterocycles. The molecule has 376 valence electrons. The fourth-order valence-corrected chi connectivity index (χ4v) is 11.7. The summed E-state index contributed by atoms with van der Waals surface area (Å²) in [5, 5.41) is 0.916. The highest BCUT2D eigenvalue weighted by Crippen LogP contribution is 2.33. The maximum absolute atomic E-state index is 5.11. The van der Waals surface area contributed by atoms with Crippen molar-refractivity contribution in [3.05, 3.63) is 211 Å². The second-order valence-corrected chi connectivity index (χ2v) is 22.0. The standard InChI is InChI=1S/C32H29IN4.C19H20N4.C13H10BrI/c1-4-9-30-35-31-21(2)18-24(32-34-27-12-7-8-13-28(27)36(32)3)19-29(31)37(30)20-22-14-16-23(17-15-22)25-10-5-6-11-26(25)33;1-4-7-17-20-15-11-13(10-12(2)18(15)22-17)19-21-14-8-5-6-9-16(14)23(19)3;14-9-10-5-7-11(8-6-10)12-3-1-2-4-13(12)15/h5-8,10-19H,4,9,20H2,1-3H3;5-6,8-11H,4,7H2,1-3H3,(H,20,22);1-8H,9H2. The van der Waals surface area contributed by atoms with Crippen LogP contribution in [0.25, 0.3) is 89.2 Å². The number of hydrogen-bond acceptors (Lipinski definition) is 4. The molecule has 8 nitrogen and oxygen atoms in total. The van der Waals surface area contributed by atoms with Crippen LogP contribution in [0.5, 0.6) is 0 Å². The zero-order valence-electron chi connectivity index (χ0n) is 43.2. The number of aromatic nitrogens is 8. The molecule has 8 aromatic carbocycles. The van der Waals surface area contributed by atoms with E-state index in [9.17, 15) is 0 Å². The molecule has 12 rings (SSSR count). The van der Waals surface area contributed by atoms with E-state index in [1.54, 1.807) is 0 Å². The summed E-state index contributed by atoms with van der Waals surface area (Å²) in [7, 11) is 4.17. The number of hydrogen-bond donors (Lipinski definition) is 1. The lowest BCUT2D eigenvalue weighted by molar-refractivity contribution is 0.722. The van der Waals surface area contributed by atoms with Gasteiger partial charge in [0.15, 0.2) is 0 Å². The Labute approximate surface area is 475 Å². The summed E-state index contributed by atoms with van der Waals surface area (Å²) in [6, 6.07) is 60.0. The molecule has 11 heteroatoms. The minimum atomic E-state index is 0.795. The van der Waals surface area contributed by atoms with Gasteiger partial charge in [0.2, 0.25) is 0 Å². The number of nitrogens with zero attached hydrogens (tertiary/aromatic N) is 7. The zero-order valence-corrected chi connectivity index (χ0v) is 49.1. The number of aryl methyl sites for hydroxylation is 6. The van der Waals surface area contributed by atoms with Crippen molar-refractivity contribution >= 4 is 105 Å². The van der Waals surface area contributed by atoms with Crippen molar-refractivity contribution in [2.75, 3.05) is 0 Å². The van der Waals surface area contributed by atoms with Gasteiger partial charge in [0, 0.05) is 57.1 Å². The average molecular weight is 1270 g/mol. The van der Waals surface area contributed by atoms with Gasteiger partial charge in [-0.2, -0.15) is 0 Å². The second-order valence-electron chi connectivity index (χ2n) is 19.1. The van der Waals surface area contributed by atoms with Crippen molar-refractivity contribution in [1.29, 1.82) is 0 Å². The van der Waals surface area contributed by atoms with Crippen LogP contribution in [-0.4, -0.2) is 38.6 Å². The summed E-state index contributed by atoms with van der Waals surface area (Å²) >= 11 is 8.24. The molecule has 0 saturated heterocycles. The Bertz CT molecular complexity index is 3960. The Hall–Kier alpha value is -6.42. The highest BCUT2D eigenvalue weighted by molar-refractivity contribution is 14.1. The van der Waals surface area contributed by atoms with Gasteiger partial charge in [-0.15, -0.1) is 0 Å². The number of para-hydroxylation sites is 4. The highest BCUT2D eigenvalue weighted by atomic mass is 127. The number of alkyl halides is 1. The van der Waals surface area contributed by atoms with Gasteiger partial charge < -0.3 is 18.7 Å². The van der Waals surface area contributed by atoms with E-state index < -0.39 is 0 Å². The van der Waals surface area contributed by atoms with Crippen molar-refractivity contribution in [3.63, 3.8) is 0 Å². The van der Waals surface area contributed by atoms with Gasteiger partial charge >= 0.3 is 0 Å². The van der Waals surface area contributed by atoms with E-state index >= 15 is 0 Å². The summed E-state index contributed by atoms with van der Waals surface area (Å²) in [5.41, 5.74) is 21.1. The average Bonchev–Trinajstić information content (AvgIpc) is 4.21. The minimum Gasteiger partial charge on any atom is -0.342 e. The number of fused-ring (bicyclic) bond motifs is 4. The Kier molecular flexibility index (Phi) is 16.1. The third-order valence-electron chi connectivity index (χ3n) is 13.8. The largest absolute Gasteiger partial charge is 0.342 e. The lowest BCUT2D eigenvalue weighted by Crippen LogP contribution is -2.05. The maximum Gasteiger partial charge on any atom is 0.140 e. The maximum atomic E-state index is 5.11. The fraction of sp³-hybridized carbons (Fsp3) is 0.188. The number of nitrogens with one attached hydrogen (secondary N) is 1. The number of imidazole rings is 4. The third kappa shape index (κ3) is 11.1. The number of aromatic amines is 1. The fourth-order valence-electron chi connectivity index (χ4n) is 9.93. The molecule has 4 heterocycles. The van der Waals surface area contributed by atoms with Crippen molar-refractivity contribution in [1.82, 2.24) is 38.6 Å². The lowest BCUT2D eigenvalue weighted by atomic mass is 10.0. The SMILES string of the molecule is BrCc1ccc(-c2ccccc2I)cc1.CCCc1nc2c(C)cc(-c3nc4ccccc4n3C)cc2[nH]1.CCCc1nc2c(C)cc(-c3nc4ccccc4n3C)cc2n1Cc1ccc(-c2ccccc2I)cc1. The van der Waals surface area contributed by atoms with Crippen LogP contribution in [-0.2, 0) is 38.8 Å². The van der Waals surface area contributed by atoms with Crippen LogP contribution in [0.3, 0.4) is 0 Å². The van der Waals surface area contributed by atoms with Crippen molar-refractivity contribution in [2.45, 2.75) is 65.3 Å². The number of halogens is 3. The molecule has 0 saturated carbocycles. The molecule has 0 spiro atoms. The van der Waals surface area contributed by atoms with Gasteiger partial charge in [0.25, 0.3) is 0 Å². The predicted molar refractivity (Wildman–Crippen MR) is 334 cm³/mol.